The highest BCUT2D eigenvalue weighted by Crippen LogP contribution is 2.33. The van der Waals surface area contributed by atoms with E-state index in [2.05, 4.69) is 10.6 Å². The SMILES string of the molecule is O=C(CN1C(=O)N[C@](Cc2ccccc2)(c2ccccc2)C1=O)NC1CCCC1. The van der Waals surface area contributed by atoms with Gasteiger partial charge in [-0.2, -0.15) is 0 Å². The fourth-order valence-corrected chi connectivity index (χ4v) is 4.30. The molecule has 1 aliphatic carbocycles. The van der Waals surface area contributed by atoms with E-state index in [0.29, 0.717) is 12.0 Å². The smallest absolute Gasteiger partial charge is 0.325 e. The van der Waals surface area contributed by atoms with Crippen LogP contribution in [0.3, 0.4) is 0 Å². The van der Waals surface area contributed by atoms with Gasteiger partial charge in [0.2, 0.25) is 5.91 Å². The number of imide groups is 1. The number of benzene rings is 2. The number of nitrogens with one attached hydrogen (secondary N) is 2. The van der Waals surface area contributed by atoms with Crippen LogP contribution in [0.2, 0.25) is 0 Å². The van der Waals surface area contributed by atoms with E-state index in [1.165, 1.54) is 0 Å². The van der Waals surface area contributed by atoms with Gasteiger partial charge in [-0.25, -0.2) is 4.79 Å². The molecule has 1 heterocycles. The molecule has 4 rings (SSSR count). The summed E-state index contributed by atoms with van der Waals surface area (Å²) in [5.74, 6) is -0.678. The lowest BCUT2D eigenvalue weighted by atomic mass is 9.83. The molecule has 1 aliphatic heterocycles. The van der Waals surface area contributed by atoms with Crippen LogP contribution in [-0.4, -0.2) is 35.3 Å². The van der Waals surface area contributed by atoms with E-state index in [1.54, 1.807) is 0 Å². The minimum absolute atomic E-state index is 0.145. The summed E-state index contributed by atoms with van der Waals surface area (Å²) >= 11 is 0. The first-order valence-corrected chi connectivity index (χ1v) is 10.1. The topological polar surface area (TPSA) is 78.5 Å². The van der Waals surface area contributed by atoms with Crippen molar-refractivity contribution in [3.8, 4) is 0 Å². The first-order chi connectivity index (χ1) is 14.1. The lowest BCUT2D eigenvalue weighted by Crippen LogP contribution is -2.47. The predicted octanol–water partition coefficient (Wildman–Crippen LogP) is 2.74. The number of hydrogen-bond donors (Lipinski definition) is 2. The molecule has 1 saturated heterocycles. The van der Waals surface area contributed by atoms with Crippen LogP contribution in [0.5, 0.6) is 0 Å². The zero-order valence-corrected chi connectivity index (χ0v) is 16.3. The number of rotatable bonds is 6. The van der Waals surface area contributed by atoms with E-state index in [-0.39, 0.29) is 24.4 Å². The third-order valence-corrected chi connectivity index (χ3v) is 5.78. The van der Waals surface area contributed by atoms with Crippen molar-refractivity contribution in [2.75, 3.05) is 6.54 Å². The highest BCUT2D eigenvalue weighted by atomic mass is 16.2. The summed E-state index contributed by atoms with van der Waals surface area (Å²) in [6.45, 7) is -0.259. The normalized spacial score (nSPS) is 22.0. The Morgan fingerprint density at radius 2 is 1.62 bits per heavy atom. The molecule has 0 aromatic heterocycles. The van der Waals surface area contributed by atoms with E-state index >= 15 is 0 Å². The van der Waals surface area contributed by atoms with Gasteiger partial charge in [-0.05, 0) is 24.0 Å². The molecule has 2 N–H and O–H groups in total. The molecule has 0 radical (unpaired) electrons. The Bertz CT molecular complexity index is 894. The molecule has 0 bridgehead atoms. The van der Waals surface area contributed by atoms with Crippen molar-refractivity contribution in [3.05, 3.63) is 71.8 Å². The third kappa shape index (κ3) is 3.88. The highest BCUT2D eigenvalue weighted by Gasteiger charge is 2.52. The average molecular weight is 391 g/mol. The third-order valence-electron chi connectivity index (χ3n) is 5.78. The standard InChI is InChI=1S/C23H25N3O3/c27-20(24-19-13-7-8-14-19)16-26-21(28)23(25-22(26)29,18-11-5-2-6-12-18)15-17-9-3-1-4-10-17/h1-6,9-12,19H,7-8,13-16H2,(H,24,27)(H,25,29)/t23-/m1/s1. The number of carbonyl (C=O) groups excluding carboxylic acids is 3. The summed E-state index contributed by atoms with van der Waals surface area (Å²) in [4.78, 5) is 39.7. The van der Waals surface area contributed by atoms with Gasteiger partial charge in [-0.3, -0.25) is 14.5 Å². The van der Waals surface area contributed by atoms with Gasteiger partial charge in [-0.1, -0.05) is 73.5 Å². The quantitative estimate of drug-likeness (QED) is 0.743. The van der Waals surface area contributed by atoms with Crippen LogP contribution < -0.4 is 10.6 Å². The van der Waals surface area contributed by atoms with Crippen molar-refractivity contribution in [2.24, 2.45) is 0 Å². The Labute approximate surface area is 170 Å². The molecule has 6 nitrogen and oxygen atoms in total. The van der Waals surface area contributed by atoms with Crippen molar-refractivity contribution < 1.29 is 14.4 Å². The number of hydrogen-bond acceptors (Lipinski definition) is 3. The van der Waals surface area contributed by atoms with Crippen molar-refractivity contribution in [2.45, 2.75) is 43.7 Å². The highest BCUT2D eigenvalue weighted by molar-refractivity contribution is 6.09. The molecule has 29 heavy (non-hydrogen) atoms. The van der Waals surface area contributed by atoms with Crippen molar-refractivity contribution in [1.29, 1.82) is 0 Å². The molecule has 2 aromatic carbocycles. The van der Waals surface area contributed by atoms with Crippen LogP contribution in [-0.2, 0) is 21.5 Å². The largest absolute Gasteiger partial charge is 0.352 e. The zero-order chi connectivity index (χ0) is 20.3. The van der Waals surface area contributed by atoms with Crippen LogP contribution in [0.4, 0.5) is 4.79 Å². The van der Waals surface area contributed by atoms with E-state index in [4.69, 9.17) is 0 Å². The summed E-state index contributed by atoms with van der Waals surface area (Å²) < 4.78 is 0. The minimum atomic E-state index is -1.21. The predicted molar refractivity (Wildman–Crippen MR) is 109 cm³/mol. The Hall–Kier alpha value is -3.15. The van der Waals surface area contributed by atoms with Gasteiger partial charge in [0, 0.05) is 12.5 Å². The summed E-state index contributed by atoms with van der Waals surface area (Å²) in [5.41, 5.74) is 0.427. The van der Waals surface area contributed by atoms with E-state index in [1.807, 2.05) is 60.7 Å². The lowest BCUT2D eigenvalue weighted by Gasteiger charge is -2.27. The Kier molecular flexibility index (Phi) is 5.34. The first kappa shape index (κ1) is 19.2. The van der Waals surface area contributed by atoms with Crippen LogP contribution in [0.15, 0.2) is 60.7 Å². The summed E-state index contributed by atoms with van der Waals surface area (Å²) in [6.07, 6.45) is 4.43. The summed E-state index contributed by atoms with van der Waals surface area (Å²) in [6, 6.07) is 18.4. The molecule has 4 amide bonds. The van der Waals surface area contributed by atoms with E-state index in [0.717, 1.165) is 36.1 Å². The van der Waals surface area contributed by atoms with Crippen LogP contribution >= 0.6 is 0 Å². The van der Waals surface area contributed by atoms with E-state index < -0.39 is 11.6 Å². The number of amides is 4. The fourth-order valence-electron chi connectivity index (χ4n) is 4.30. The zero-order valence-electron chi connectivity index (χ0n) is 16.3. The van der Waals surface area contributed by atoms with Gasteiger partial charge in [0.15, 0.2) is 5.54 Å². The first-order valence-electron chi connectivity index (χ1n) is 10.1. The van der Waals surface area contributed by atoms with Crippen molar-refractivity contribution >= 4 is 17.8 Å². The molecule has 150 valence electrons. The second-order valence-corrected chi connectivity index (χ2v) is 7.80. The molecular weight excluding hydrogens is 366 g/mol. The average Bonchev–Trinajstić information content (AvgIpc) is 3.32. The molecule has 1 saturated carbocycles. The molecule has 2 aromatic rings. The molecular formula is C23H25N3O3. The van der Waals surface area contributed by atoms with Gasteiger partial charge in [0.05, 0.1) is 0 Å². The van der Waals surface area contributed by atoms with E-state index in [9.17, 15) is 14.4 Å². The van der Waals surface area contributed by atoms with Crippen LogP contribution in [0, 0.1) is 0 Å². The van der Waals surface area contributed by atoms with Gasteiger partial charge in [0.1, 0.15) is 6.54 Å². The molecule has 1 atom stereocenters. The summed E-state index contributed by atoms with van der Waals surface area (Å²) in [5, 5.41) is 5.84. The second kappa shape index (κ2) is 8.07. The van der Waals surface area contributed by atoms with Crippen LogP contribution in [0.1, 0.15) is 36.8 Å². The van der Waals surface area contributed by atoms with Gasteiger partial charge >= 0.3 is 6.03 Å². The molecule has 0 spiro atoms. The molecule has 2 fully saturated rings. The van der Waals surface area contributed by atoms with Crippen molar-refractivity contribution in [3.63, 3.8) is 0 Å². The Balaban J connectivity index is 1.59. The second-order valence-electron chi connectivity index (χ2n) is 7.80. The fraction of sp³-hybridized carbons (Fsp3) is 0.348. The van der Waals surface area contributed by atoms with Crippen LogP contribution in [0.25, 0.3) is 0 Å². The maximum Gasteiger partial charge on any atom is 0.325 e. The molecule has 0 unspecified atom stereocenters. The minimum Gasteiger partial charge on any atom is -0.352 e. The molecule has 2 aliphatic rings. The maximum atomic E-state index is 13.5. The van der Waals surface area contributed by atoms with Crippen molar-refractivity contribution in [1.82, 2.24) is 15.5 Å². The number of nitrogens with zero attached hydrogens (tertiary/aromatic N) is 1. The van der Waals surface area contributed by atoms with Gasteiger partial charge in [-0.15, -0.1) is 0 Å². The van der Waals surface area contributed by atoms with Gasteiger partial charge in [0.25, 0.3) is 5.91 Å². The number of urea groups is 1. The molecule has 6 heteroatoms. The van der Waals surface area contributed by atoms with Gasteiger partial charge < -0.3 is 10.6 Å². The maximum absolute atomic E-state index is 13.5. The monoisotopic (exact) mass is 391 g/mol. The Morgan fingerprint density at radius 3 is 2.28 bits per heavy atom. The summed E-state index contributed by atoms with van der Waals surface area (Å²) in [7, 11) is 0. The lowest BCUT2D eigenvalue weighted by molar-refractivity contribution is -0.135. The Morgan fingerprint density at radius 1 is 1.00 bits per heavy atom. The number of carbonyl (C=O) groups is 3.